The molecule has 2 atom stereocenters. The lowest BCUT2D eigenvalue weighted by Gasteiger charge is -2.29. The van der Waals surface area contributed by atoms with Crippen LogP contribution in [0, 0.1) is 0 Å². The van der Waals surface area contributed by atoms with Crippen molar-refractivity contribution in [2.75, 3.05) is 40.3 Å². The third-order valence-corrected chi connectivity index (χ3v) is 4.65. The molecule has 0 aromatic rings. The summed E-state index contributed by atoms with van der Waals surface area (Å²) < 4.78 is 0. The molecule has 1 saturated heterocycles. The molecule has 21 heavy (non-hydrogen) atoms. The number of carboxylic acids is 1. The second kappa shape index (κ2) is 8.71. The van der Waals surface area contributed by atoms with Crippen LogP contribution >= 0.6 is 0 Å². The van der Waals surface area contributed by atoms with Crippen LogP contribution in [0.5, 0.6) is 0 Å². The molecule has 1 rings (SSSR count). The zero-order valence-electron chi connectivity index (χ0n) is 14.2. The van der Waals surface area contributed by atoms with Crippen LogP contribution in [0.25, 0.3) is 0 Å². The largest absolute Gasteiger partial charge is 0.480 e. The van der Waals surface area contributed by atoms with Gasteiger partial charge in [-0.3, -0.25) is 4.79 Å². The van der Waals surface area contributed by atoms with Gasteiger partial charge in [-0.1, -0.05) is 6.92 Å². The van der Waals surface area contributed by atoms with Crippen LogP contribution in [0.1, 0.15) is 46.0 Å². The minimum absolute atomic E-state index is 0.666. The van der Waals surface area contributed by atoms with E-state index in [0.29, 0.717) is 12.5 Å². The molecule has 0 bridgehead atoms. The van der Waals surface area contributed by atoms with Crippen molar-refractivity contribution in [1.82, 2.24) is 15.1 Å². The summed E-state index contributed by atoms with van der Waals surface area (Å²) in [5.41, 5.74) is -0.791. The first-order chi connectivity index (χ1) is 9.89. The number of aliphatic carboxylic acids is 1. The van der Waals surface area contributed by atoms with Crippen LogP contribution in [0.4, 0.5) is 0 Å². The standard InChI is InChI=1S/C16H33N3O2/c1-5-10-17-16(2,15(20)21)9-7-11-18(3)13-14-8-6-12-19(14)4/h14,17H,5-13H2,1-4H3,(H,20,21). The van der Waals surface area contributed by atoms with E-state index in [-0.39, 0.29) is 0 Å². The van der Waals surface area contributed by atoms with E-state index >= 15 is 0 Å². The van der Waals surface area contributed by atoms with Gasteiger partial charge in [0.1, 0.15) is 5.54 Å². The number of hydrogen-bond donors (Lipinski definition) is 2. The number of rotatable bonds is 10. The molecule has 0 saturated carbocycles. The van der Waals surface area contributed by atoms with Crippen molar-refractivity contribution < 1.29 is 9.90 Å². The van der Waals surface area contributed by atoms with Gasteiger partial charge in [-0.2, -0.15) is 0 Å². The smallest absolute Gasteiger partial charge is 0.323 e. The second-order valence-electron chi connectivity index (χ2n) is 6.71. The molecule has 2 N–H and O–H groups in total. The van der Waals surface area contributed by atoms with Crippen molar-refractivity contribution in [1.29, 1.82) is 0 Å². The SMILES string of the molecule is CCCNC(C)(CCCN(C)CC1CCCN1C)C(=O)O. The monoisotopic (exact) mass is 299 g/mol. The fraction of sp³-hybridized carbons (Fsp3) is 0.938. The van der Waals surface area contributed by atoms with Crippen LogP contribution in [0.15, 0.2) is 0 Å². The van der Waals surface area contributed by atoms with E-state index in [2.05, 4.69) is 36.1 Å². The Hall–Kier alpha value is -0.650. The lowest BCUT2D eigenvalue weighted by molar-refractivity contribution is -0.144. The summed E-state index contributed by atoms with van der Waals surface area (Å²) in [5, 5.41) is 12.6. The summed E-state index contributed by atoms with van der Waals surface area (Å²) in [4.78, 5) is 16.2. The first-order valence-electron chi connectivity index (χ1n) is 8.26. The summed E-state index contributed by atoms with van der Waals surface area (Å²) in [5.74, 6) is -0.742. The molecule has 0 spiro atoms. The topological polar surface area (TPSA) is 55.8 Å². The maximum absolute atomic E-state index is 11.4. The number of carbonyl (C=O) groups is 1. The van der Waals surface area contributed by atoms with Gasteiger partial charge in [0.25, 0.3) is 0 Å². The van der Waals surface area contributed by atoms with Crippen molar-refractivity contribution >= 4 is 5.97 Å². The van der Waals surface area contributed by atoms with Crippen molar-refractivity contribution in [3.8, 4) is 0 Å². The molecule has 1 heterocycles. The average Bonchev–Trinajstić information content (AvgIpc) is 2.81. The molecule has 1 aliphatic rings. The molecular weight excluding hydrogens is 266 g/mol. The molecule has 0 aromatic carbocycles. The van der Waals surface area contributed by atoms with Gasteiger partial charge in [-0.05, 0) is 72.8 Å². The fourth-order valence-corrected chi connectivity index (χ4v) is 3.04. The normalized spacial score (nSPS) is 22.6. The predicted octanol–water partition coefficient (Wildman–Crippen LogP) is 1.64. The number of nitrogens with one attached hydrogen (secondary N) is 1. The van der Waals surface area contributed by atoms with E-state index in [1.807, 2.05) is 0 Å². The third-order valence-electron chi connectivity index (χ3n) is 4.65. The van der Waals surface area contributed by atoms with E-state index in [9.17, 15) is 9.90 Å². The number of carboxylic acid groups (broad SMARTS) is 1. The summed E-state index contributed by atoms with van der Waals surface area (Å²) in [6, 6.07) is 0.666. The summed E-state index contributed by atoms with van der Waals surface area (Å²) in [7, 11) is 4.34. The molecule has 124 valence electrons. The van der Waals surface area contributed by atoms with Gasteiger partial charge in [0, 0.05) is 12.6 Å². The minimum atomic E-state index is -0.791. The first-order valence-corrected chi connectivity index (χ1v) is 8.26. The fourth-order valence-electron chi connectivity index (χ4n) is 3.04. The quantitative estimate of drug-likeness (QED) is 0.642. The highest BCUT2D eigenvalue weighted by Crippen LogP contribution is 2.17. The van der Waals surface area contributed by atoms with Crippen molar-refractivity contribution in [3.63, 3.8) is 0 Å². The van der Waals surface area contributed by atoms with Crippen LogP contribution in [0.2, 0.25) is 0 Å². The number of hydrogen-bond acceptors (Lipinski definition) is 4. The Labute approximate surface area is 129 Å². The van der Waals surface area contributed by atoms with Crippen molar-refractivity contribution in [2.45, 2.75) is 57.5 Å². The Morgan fingerprint density at radius 1 is 1.52 bits per heavy atom. The summed E-state index contributed by atoms with van der Waals surface area (Å²) >= 11 is 0. The van der Waals surface area contributed by atoms with Gasteiger partial charge in [0.05, 0.1) is 0 Å². The molecular formula is C16H33N3O2. The maximum atomic E-state index is 11.4. The lowest BCUT2D eigenvalue weighted by atomic mass is 9.95. The molecule has 0 aliphatic carbocycles. The van der Waals surface area contributed by atoms with E-state index < -0.39 is 11.5 Å². The summed E-state index contributed by atoms with van der Waals surface area (Å²) in [6.45, 7) is 7.86. The molecule has 2 unspecified atom stereocenters. The zero-order chi connectivity index (χ0) is 15.9. The number of likely N-dealkylation sites (N-methyl/N-ethyl adjacent to an activating group) is 2. The Kier molecular flexibility index (Phi) is 7.63. The number of likely N-dealkylation sites (tertiary alicyclic amines) is 1. The first kappa shape index (κ1) is 18.4. The minimum Gasteiger partial charge on any atom is -0.480 e. The van der Waals surface area contributed by atoms with Crippen molar-refractivity contribution in [3.05, 3.63) is 0 Å². The lowest BCUT2D eigenvalue weighted by Crippen LogP contribution is -2.50. The van der Waals surface area contributed by atoms with Gasteiger partial charge in [-0.15, -0.1) is 0 Å². The van der Waals surface area contributed by atoms with Crippen LogP contribution in [-0.4, -0.2) is 72.7 Å². The Morgan fingerprint density at radius 2 is 2.24 bits per heavy atom. The van der Waals surface area contributed by atoms with E-state index in [4.69, 9.17) is 0 Å². The van der Waals surface area contributed by atoms with Crippen molar-refractivity contribution in [2.24, 2.45) is 0 Å². The molecule has 0 amide bonds. The van der Waals surface area contributed by atoms with Gasteiger partial charge in [-0.25, -0.2) is 0 Å². The molecule has 5 nitrogen and oxygen atoms in total. The number of nitrogens with zero attached hydrogens (tertiary/aromatic N) is 2. The Balaban J connectivity index is 2.30. The molecule has 1 aliphatic heterocycles. The van der Waals surface area contributed by atoms with Gasteiger partial charge >= 0.3 is 5.97 Å². The van der Waals surface area contributed by atoms with Gasteiger partial charge < -0.3 is 20.2 Å². The van der Waals surface area contributed by atoms with Gasteiger partial charge in [0.2, 0.25) is 0 Å². The van der Waals surface area contributed by atoms with E-state index in [1.54, 1.807) is 6.92 Å². The second-order valence-corrected chi connectivity index (χ2v) is 6.71. The van der Waals surface area contributed by atoms with Crippen LogP contribution in [-0.2, 0) is 4.79 Å². The average molecular weight is 299 g/mol. The van der Waals surface area contributed by atoms with Gasteiger partial charge in [0.15, 0.2) is 0 Å². The third kappa shape index (κ3) is 5.93. The predicted molar refractivity (Wildman–Crippen MR) is 86.7 cm³/mol. The highest BCUT2D eigenvalue weighted by atomic mass is 16.4. The van der Waals surface area contributed by atoms with Crippen LogP contribution in [0.3, 0.4) is 0 Å². The molecule has 0 radical (unpaired) electrons. The molecule has 1 fully saturated rings. The van der Waals surface area contributed by atoms with E-state index in [1.165, 1.54) is 19.4 Å². The highest BCUT2D eigenvalue weighted by molar-refractivity contribution is 5.78. The van der Waals surface area contributed by atoms with E-state index in [0.717, 1.165) is 32.5 Å². The highest BCUT2D eigenvalue weighted by Gasteiger charge is 2.31. The Morgan fingerprint density at radius 3 is 2.76 bits per heavy atom. The van der Waals surface area contributed by atoms with Crippen LogP contribution < -0.4 is 5.32 Å². The zero-order valence-corrected chi connectivity index (χ0v) is 14.2. The Bertz CT molecular complexity index is 325. The molecule has 0 aromatic heterocycles. The summed E-state index contributed by atoms with van der Waals surface area (Å²) in [6.07, 6.45) is 5.12. The maximum Gasteiger partial charge on any atom is 0.323 e. The molecule has 5 heteroatoms.